The summed E-state index contributed by atoms with van der Waals surface area (Å²) >= 11 is 0. The molecule has 0 aliphatic rings. The first-order valence-electron chi connectivity index (χ1n) is 8.05. The van der Waals surface area contributed by atoms with Gasteiger partial charge in [-0.25, -0.2) is 0 Å². The van der Waals surface area contributed by atoms with Crippen LogP contribution in [0.2, 0.25) is 6.04 Å². The third kappa shape index (κ3) is 7.13. The molecule has 0 saturated heterocycles. The Balaban J connectivity index is 4.91. The van der Waals surface area contributed by atoms with Gasteiger partial charge in [-0.05, 0) is 39.7 Å². The van der Waals surface area contributed by atoms with Crippen molar-refractivity contribution in [3.8, 4) is 0 Å². The molecule has 0 fully saturated rings. The van der Waals surface area contributed by atoms with Gasteiger partial charge in [-0.2, -0.15) is 0 Å². The number of rotatable bonds is 11. The van der Waals surface area contributed by atoms with Crippen molar-refractivity contribution in [3.63, 3.8) is 0 Å². The molecule has 0 aliphatic carbocycles. The van der Waals surface area contributed by atoms with Crippen LogP contribution in [0.3, 0.4) is 0 Å². The number of nitrogens with zero attached hydrogens (tertiary/aromatic N) is 1. The molecule has 0 heterocycles. The molecule has 2 N–H and O–H groups in total. The van der Waals surface area contributed by atoms with E-state index in [4.69, 9.17) is 19.0 Å². The number of amides is 1. The lowest BCUT2D eigenvalue weighted by Gasteiger charge is -2.29. The van der Waals surface area contributed by atoms with Gasteiger partial charge in [0.2, 0.25) is 5.91 Å². The van der Waals surface area contributed by atoms with Crippen LogP contribution in [0, 0.1) is 5.92 Å². The molecular weight excluding hydrogens is 312 g/mol. The Bertz CT molecular complexity index is 385. The molecule has 0 aromatic rings. The molecule has 1 unspecified atom stereocenters. The summed E-state index contributed by atoms with van der Waals surface area (Å²) in [4.78, 5) is 14.5. The van der Waals surface area contributed by atoms with E-state index in [2.05, 4.69) is 6.92 Å². The Labute approximate surface area is 142 Å². The van der Waals surface area contributed by atoms with Crippen molar-refractivity contribution in [3.05, 3.63) is 11.1 Å². The smallest absolute Gasteiger partial charge is 0.377 e. The van der Waals surface area contributed by atoms with Crippen molar-refractivity contribution in [2.24, 2.45) is 11.7 Å². The van der Waals surface area contributed by atoms with Crippen molar-refractivity contribution in [2.75, 3.05) is 41.0 Å². The molecule has 6 nitrogen and oxygen atoms in total. The summed E-state index contributed by atoms with van der Waals surface area (Å²) < 4.78 is 16.3. The van der Waals surface area contributed by atoms with E-state index in [1.165, 1.54) is 0 Å². The number of carbonyl (C=O) groups excluding carboxylic acids is 1. The molecule has 7 heteroatoms. The molecule has 0 rings (SSSR count). The maximum Gasteiger partial charge on any atom is 0.500 e. The summed E-state index contributed by atoms with van der Waals surface area (Å²) in [6.45, 7) is 9.69. The van der Waals surface area contributed by atoms with Gasteiger partial charge < -0.3 is 23.9 Å². The summed E-state index contributed by atoms with van der Waals surface area (Å²) in [5.74, 6) is 0.336. The van der Waals surface area contributed by atoms with Gasteiger partial charge in [0.25, 0.3) is 0 Å². The minimum atomic E-state index is -2.59. The van der Waals surface area contributed by atoms with Crippen LogP contribution in [0.15, 0.2) is 11.1 Å². The monoisotopic (exact) mass is 346 g/mol. The summed E-state index contributed by atoms with van der Waals surface area (Å²) in [5.41, 5.74) is 7.55. The van der Waals surface area contributed by atoms with Crippen LogP contribution in [0.4, 0.5) is 0 Å². The van der Waals surface area contributed by atoms with Crippen LogP contribution in [0.1, 0.15) is 34.1 Å². The minimum absolute atomic E-state index is 0.0739. The highest BCUT2D eigenvalue weighted by atomic mass is 28.4. The number of allylic oxidation sites excluding steroid dienone is 1. The van der Waals surface area contributed by atoms with Crippen molar-refractivity contribution in [1.29, 1.82) is 0 Å². The standard InChI is InChI=1S/C16H34N2O4Si/c1-13(2)15(4)16(19)18(12-14(3)11-17)9-8-10-23(20-5,21-6)22-7/h14H,8-12,17H2,1-7H3. The maximum absolute atomic E-state index is 12.6. The quantitative estimate of drug-likeness (QED) is 0.458. The van der Waals surface area contributed by atoms with E-state index < -0.39 is 8.80 Å². The molecular formula is C16H34N2O4Si. The number of hydrogen-bond acceptors (Lipinski definition) is 5. The largest absolute Gasteiger partial charge is 0.500 e. The predicted molar refractivity (Wildman–Crippen MR) is 95.1 cm³/mol. The first-order chi connectivity index (χ1) is 10.8. The lowest BCUT2D eigenvalue weighted by molar-refractivity contribution is -0.127. The van der Waals surface area contributed by atoms with Crippen molar-refractivity contribution in [1.82, 2.24) is 4.90 Å². The molecule has 0 spiro atoms. The Morgan fingerprint density at radius 3 is 2.04 bits per heavy atom. The van der Waals surface area contributed by atoms with E-state index in [1.807, 2.05) is 25.7 Å². The highest BCUT2D eigenvalue weighted by Gasteiger charge is 2.37. The SMILES string of the molecule is CO[Si](CCCN(CC(C)CN)C(=O)C(C)=C(C)C)(OC)OC. The first kappa shape index (κ1) is 22.3. The lowest BCUT2D eigenvalue weighted by atomic mass is 10.1. The van der Waals surface area contributed by atoms with Gasteiger partial charge in [-0.15, -0.1) is 0 Å². The molecule has 0 aliphatic heterocycles. The summed E-state index contributed by atoms with van der Waals surface area (Å²) in [5, 5.41) is 0. The van der Waals surface area contributed by atoms with Gasteiger partial charge in [0.1, 0.15) is 0 Å². The van der Waals surface area contributed by atoms with Crippen LogP contribution in [-0.4, -0.2) is 60.6 Å². The van der Waals surface area contributed by atoms with Crippen molar-refractivity contribution < 1.29 is 18.1 Å². The van der Waals surface area contributed by atoms with Gasteiger partial charge in [0.05, 0.1) is 0 Å². The molecule has 0 radical (unpaired) electrons. The molecule has 1 amide bonds. The van der Waals surface area contributed by atoms with E-state index >= 15 is 0 Å². The van der Waals surface area contributed by atoms with Gasteiger partial charge in [-0.3, -0.25) is 4.79 Å². The summed E-state index contributed by atoms with van der Waals surface area (Å²) in [6, 6.07) is 0.672. The second-order valence-electron chi connectivity index (χ2n) is 6.12. The maximum atomic E-state index is 12.6. The Morgan fingerprint density at radius 2 is 1.65 bits per heavy atom. The van der Waals surface area contributed by atoms with Crippen LogP contribution >= 0.6 is 0 Å². The molecule has 23 heavy (non-hydrogen) atoms. The average Bonchev–Trinajstić information content (AvgIpc) is 2.56. The fourth-order valence-electron chi connectivity index (χ4n) is 2.22. The topological polar surface area (TPSA) is 74.0 Å². The summed E-state index contributed by atoms with van der Waals surface area (Å²) in [6.07, 6.45) is 0.765. The Kier molecular flexibility index (Phi) is 10.6. The number of nitrogens with two attached hydrogens (primary N) is 1. The fourth-order valence-corrected chi connectivity index (χ4v) is 3.92. The summed E-state index contributed by atoms with van der Waals surface area (Å²) in [7, 11) is 2.22. The van der Waals surface area contributed by atoms with Gasteiger partial charge in [0.15, 0.2) is 0 Å². The zero-order chi connectivity index (χ0) is 18.0. The van der Waals surface area contributed by atoms with Crippen LogP contribution in [0.5, 0.6) is 0 Å². The third-order valence-electron chi connectivity index (χ3n) is 4.14. The normalized spacial score (nSPS) is 12.9. The highest BCUT2D eigenvalue weighted by Crippen LogP contribution is 2.17. The van der Waals surface area contributed by atoms with Crippen LogP contribution in [-0.2, 0) is 18.1 Å². The van der Waals surface area contributed by atoms with Gasteiger partial charge in [0, 0.05) is 46.0 Å². The molecule has 0 aromatic heterocycles. The van der Waals surface area contributed by atoms with E-state index in [0.717, 1.165) is 17.6 Å². The highest BCUT2D eigenvalue weighted by molar-refractivity contribution is 6.60. The molecule has 136 valence electrons. The third-order valence-corrected chi connectivity index (χ3v) is 6.97. The Morgan fingerprint density at radius 1 is 1.13 bits per heavy atom. The minimum Gasteiger partial charge on any atom is -0.377 e. The fraction of sp³-hybridized carbons (Fsp3) is 0.812. The molecule has 1 atom stereocenters. The average molecular weight is 347 g/mol. The van der Waals surface area contributed by atoms with E-state index in [1.54, 1.807) is 21.3 Å². The second-order valence-corrected chi connectivity index (χ2v) is 9.21. The van der Waals surface area contributed by atoms with Gasteiger partial charge in [-0.1, -0.05) is 12.5 Å². The zero-order valence-electron chi connectivity index (χ0n) is 15.8. The molecule has 0 bridgehead atoms. The first-order valence-corrected chi connectivity index (χ1v) is 9.98. The van der Waals surface area contributed by atoms with Crippen molar-refractivity contribution in [2.45, 2.75) is 40.2 Å². The molecule has 0 aromatic carbocycles. The van der Waals surface area contributed by atoms with Crippen LogP contribution in [0.25, 0.3) is 0 Å². The number of carbonyl (C=O) groups is 1. The van der Waals surface area contributed by atoms with Crippen molar-refractivity contribution >= 4 is 14.7 Å². The second kappa shape index (κ2) is 10.9. The lowest BCUT2D eigenvalue weighted by Crippen LogP contribution is -2.44. The number of hydrogen-bond donors (Lipinski definition) is 1. The van der Waals surface area contributed by atoms with E-state index in [-0.39, 0.29) is 11.8 Å². The predicted octanol–water partition coefficient (Wildman–Crippen LogP) is 2.03. The molecule has 0 saturated carbocycles. The zero-order valence-corrected chi connectivity index (χ0v) is 16.8. The van der Waals surface area contributed by atoms with Gasteiger partial charge >= 0.3 is 8.80 Å². The van der Waals surface area contributed by atoms with E-state index in [0.29, 0.717) is 25.7 Å². The van der Waals surface area contributed by atoms with Crippen LogP contribution < -0.4 is 5.73 Å². The Hall–Kier alpha value is -0.733. The van der Waals surface area contributed by atoms with E-state index in [9.17, 15) is 4.79 Å².